The number of aromatic nitrogens is 1. The smallest absolute Gasteiger partial charge is 0.211 e. The molecule has 21 heavy (non-hydrogen) atoms. The number of benzene rings is 1. The molecule has 0 saturated carbocycles. The summed E-state index contributed by atoms with van der Waals surface area (Å²) in [6, 6.07) is 6.45. The van der Waals surface area contributed by atoms with Crippen molar-refractivity contribution in [2.75, 3.05) is 19.3 Å². The van der Waals surface area contributed by atoms with Crippen LogP contribution in [-0.2, 0) is 10.0 Å². The lowest BCUT2D eigenvalue weighted by molar-refractivity contribution is 0.426. The first-order chi connectivity index (χ1) is 9.95. The number of aryl methyl sites for hydroxylation is 1. The van der Waals surface area contributed by atoms with Gasteiger partial charge in [-0.25, -0.2) is 12.7 Å². The molecule has 1 saturated heterocycles. The summed E-state index contributed by atoms with van der Waals surface area (Å²) in [5.74, 6) is 0.437. The van der Waals surface area contributed by atoms with Crippen LogP contribution < -0.4 is 0 Å². The third-order valence-corrected chi connectivity index (χ3v) is 5.77. The van der Waals surface area contributed by atoms with Gasteiger partial charge < -0.3 is 4.98 Å². The van der Waals surface area contributed by atoms with Crippen molar-refractivity contribution in [3.8, 4) is 0 Å². The van der Waals surface area contributed by atoms with Gasteiger partial charge in [0.05, 0.1) is 6.26 Å². The van der Waals surface area contributed by atoms with Gasteiger partial charge in [-0.05, 0) is 49.8 Å². The maximum Gasteiger partial charge on any atom is 0.211 e. The van der Waals surface area contributed by atoms with Crippen molar-refractivity contribution in [1.82, 2.24) is 9.29 Å². The van der Waals surface area contributed by atoms with E-state index in [1.807, 2.05) is 0 Å². The predicted octanol–water partition coefficient (Wildman–Crippen LogP) is 3.01. The molecule has 2 heterocycles. The lowest BCUT2D eigenvalue weighted by Gasteiger charge is -2.17. The van der Waals surface area contributed by atoms with Crippen molar-refractivity contribution in [2.45, 2.75) is 32.1 Å². The zero-order valence-corrected chi connectivity index (χ0v) is 13.4. The van der Waals surface area contributed by atoms with Gasteiger partial charge in [0, 0.05) is 30.2 Å². The number of H-pyrrole nitrogens is 1. The van der Waals surface area contributed by atoms with E-state index in [0.29, 0.717) is 19.0 Å². The number of nitrogens with zero attached hydrogens (tertiary/aromatic N) is 1. The summed E-state index contributed by atoms with van der Waals surface area (Å²) in [7, 11) is -3.07. The van der Waals surface area contributed by atoms with Crippen molar-refractivity contribution in [3.63, 3.8) is 0 Å². The highest BCUT2D eigenvalue weighted by Crippen LogP contribution is 2.33. The molecule has 1 atom stereocenters. The Balaban J connectivity index is 1.88. The van der Waals surface area contributed by atoms with Crippen LogP contribution in [0, 0.1) is 6.92 Å². The van der Waals surface area contributed by atoms with Gasteiger partial charge in [-0.3, -0.25) is 0 Å². The lowest BCUT2D eigenvalue weighted by atomic mass is 9.91. The molecule has 0 radical (unpaired) electrons. The molecule has 0 aliphatic carbocycles. The highest BCUT2D eigenvalue weighted by molar-refractivity contribution is 7.88. The van der Waals surface area contributed by atoms with E-state index in [9.17, 15) is 8.42 Å². The number of fused-ring (bicyclic) bond motifs is 1. The van der Waals surface area contributed by atoms with Gasteiger partial charge in [0.15, 0.2) is 0 Å². The van der Waals surface area contributed by atoms with E-state index in [-0.39, 0.29) is 0 Å². The van der Waals surface area contributed by atoms with Gasteiger partial charge in [0.1, 0.15) is 0 Å². The Hall–Kier alpha value is -1.33. The van der Waals surface area contributed by atoms with Gasteiger partial charge in [0.2, 0.25) is 10.0 Å². The van der Waals surface area contributed by atoms with Crippen LogP contribution in [0.5, 0.6) is 0 Å². The molecule has 1 N–H and O–H groups in total. The van der Waals surface area contributed by atoms with Crippen LogP contribution in [0.25, 0.3) is 10.9 Å². The summed E-state index contributed by atoms with van der Waals surface area (Å²) < 4.78 is 25.0. The van der Waals surface area contributed by atoms with Crippen LogP contribution >= 0.6 is 0 Å². The summed E-state index contributed by atoms with van der Waals surface area (Å²) in [4.78, 5) is 3.34. The Labute approximate surface area is 126 Å². The van der Waals surface area contributed by atoms with Crippen LogP contribution in [0.4, 0.5) is 0 Å². The quantitative estimate of drug-likeness (QED) is 0.927. The minimum atomic E-state index is -3.07. The van der Waals surface area contributed by atoms with Crippen LogP contribution in [-0.4, -0.2) is 37.1 Å². The van der Waals surface area contributed by atoms with Crippen LogP contribution in [0.3, 0.4) is 0 Å². The maximum absolute atomic E-state index is 11.7. The van der Waals surface area contributed by atoms with Crippen LogP contribution in [0.2, 0.25) is 0 Å². The number of aromatic amines is 1. The molecule has 1 aromatic carbocycles. The molecule has 2 aromatic rings. The molecule has 0 amide bonds. The van der Waals surface area contributed by atoms with E-state index in [2.05, 4.69) is 36.3 Å². The maximum atomic E-state index is 11.7. The van der Waals surface area contributed by atoms with Crippen molar-refractivity contribution in [2.24, 2.45) is 0 Å². The summed E-state index contributed by atoms with van der Waals surface area (Å²) in [6.45, 7) is 3.38. The molecule has 1 fully saturated rings. The average Bonchev–Trinajstić information content (AvgIpc) is 2.66. The Kier molecular flexibility index (Phi) is 3.80. The first-order valence-corrected chi connectivity index (χ1v) is 9.33. The van der Waals surface area contributed by atoms with Crippen molar-refractivity contribution < 1.29 is 8.42 Å². The van der Waals surface area contributed by atoms with E-state index >= 15 is 0 Å². The normalized spacial score (nSPS) is 21.5. The average molecular weight is 306 g/mol. The van der Waals surface area contributed by atoms with Crippen molar-refractivity contribution in [3.05, 3.63) is 35.5 Å². The standard InChI is InChI=1S/C16H22N2O2S/c1-12-5-6-16-14(10-12)15(11-17-16)13-4-3-8-18(9-7-13)21(2,19)20/h5-6,10-11,13,17H,3-4,7-9H2,1-2H3. The van der Waals surface area contributed by atoms with E-state index in [4.69, 9.17) is 0 Å². The summed E-state index contributed by atoms with van der Waals surface area (Å²) in [6.07, 6.45) is 6.28. The fourth-order valence-corrected chi connectivity index (χ4v) is 4.20. The third kappa shape index (κ3) is 2.99. The van der Waals surface area contributed by atoms with Gasteiger partial charge >= 0.3 is 0 Å². The molecule has 1 unspecified atom stereocenters. The number of nitrogens with one attached hydrogen (secondary N) is 1. The summed E-state index contributed by atoms with van der Waals surface area (Å²) in [5, 5.41) is 1.29. The molecule has 0 spiro atoms. The molecular formula is C16H22N2O2S. The molecular weight excluding hydrogens is 284 g/mol. The Morgan fingerprint density at radius 1 is 1.24 bits per heavy atom. The van der Waals surface area contributed by atoms with Crippen LogP contribution in [0.1, 0.15) is 36.3 Å². The van der Waals surface area contributed by atoms with Gasteiger partial charge in [-0.15, -0.1) is 0 Å². The molecule has 5 heteroatoms. The molecule has 1 aliphatic rings. The monoisotopic (exact) mass is 306 g/mol. The predicted molar refractivity (Wildman–Crippen MR) is 86.0 cm³/mol. The highest BCUT2D eigenvalue weighted by atomic mass is 32.2. The SMILES string of the molecule is Cc1ccc2[nH]cc(C3CCCN(S(C)(=O)=O)CC3)c2c1. The molecule has 3 rings (SSSR count). The second-order valence-corrected chi connectivity index (χ2v) is 8.07. The number of sulfonamides is 1. The van der Waals surface area contributed by atoms with Crippen molar-refractivity contribution in [1.29, 1.82) is 0 Å². The fraction of sp³-hybridized carbons (Fsp3) is 0.500. The summed E-state index contributed by atoms with van der Waals surface area (Å²) >= 11 is 0. The van der Waals surface area contributed by atoms with Gasteiger partial charge in [-0.1, -0.05) is 11.6 Å². The molecule has 1 aliphatic heterocycles. The molecule has 0 bridgehead atoms. The Morgan fingerprint density at radius 2 is 2.05 bits per heavy atom. The lowest BCUT2D eigenvalue weighted by Crippen LogP contribution is -2.30. The minimum absolute atomic E-state index is 0.437. The van der Waals surface area contributed by atoms with E-state index in [1.54, 1.807) is 4.31 Å². The highest BCUT2D eigenvalue weighted by Gasteiger charge is 2.24. The minimum Gasteiger partial charge on any atom is -0.361 e. The first kappa shape index (κ1) is 14.6. The molecule has 114 valence electrons. The van der Waals surface area contributed by atoms with Crippen LogP contribution in [0.15, 0.2) is 24.4 Å². The zero-order valence-electron chi connectivity index (χ0n) is 12.6. The van der Waals surface area contributed by atoms with Gasteiger partial charge in [0.25, 0.3) is 0 Å². The van der Waals surface area contributed by atoms with Crippen molar-refractivity contribution >= 4 is 20.9 Å². The fourth-order valence-electron chi connectivity index (χ4n) is 3.31. The van der Waals surface area contributed by atoms with E-state index < -0.39 is 10.0 Å². The number of hydrogen-bond acceptors (Lipinski definition) is 2. The molecule has 4 nitrogen and oxygen atoms in total. The van der Waals surface area contributed by atoms with E-state index in [0.717, 1.165) is 19.3 Å². The second-order valence-electron chi connectivity index (χ2n) is 6.08. The van der Waals surface area contributed by atoms with E-state index in [1.165, 1.54) is 28.3 Å². The Bertz CT molecular complexity index is 749. The third-order valence-electron chi connectivity index (χ3n) is 4.47. The molecule has 1 aromatic heterocycles. The van der Waals surface area contributed by atoms with Gasteiger partial charge in [-0.2, -0.15) is 0 Å². The summed E-state index contributed by atoms with van der Waals surface area (Å²) in [5.41, 5.74) is 3.76. The second kappa shape index (κ2) is 5.46. The zero-order chi connectivity index (χ0) is 15.0. The largest absolute Gasteiger partial charge is 0.361 e. The number of rotatable bonds is 2. The number of hydrogen-bond donors (Lipinski definition) is 1. The topological polar surface area (TPSA) is 53.2 Å². The first-order valence-electron chi connectivity index (χ1n) is 7.48. The Morgan fingerprint density at radius 3 is 2.81 bits per heavy atom.